The summed E-state index contributed by atoms with van der Waals surface area (Å²) >= 11 is 1.79. The molecule has 3 rings (SSSR count). The van der Waals surface area contributed by atoms with Gasteiger partial charge in [-0.3, -0.25) is 4.99 Å². The van der Waals surface area contributed by atoms with Crippen molar-refractivity contribution in [1.82, 2.24) is 0 Å². The first-order valence-electron chi connectivity index (χ1n) is 7.81. The largest absolute Gasteiger partial charge is 0.496 e. The Morgan fingerprint density at radius 2 is 2.09 bits per heavy atom. The van der Waals surface area contributed by atoms with Crippen molar-refractivity contribution in [1.29, 1.82) is 0 Å². The van der Waals surface area contributed by atoms with Crippen molar-refractivity contribution in [3.8, 4) is 5.75 Å². The lowest BCUT2D eigenvalue weighted by Gasteiger charge is -2.16. The molecule has 0 amide bonds. The summed E-state index contributed by atoms with van der Waals surface area (Å²) in [5.74, 6) is 2.57. The number of benzene rings is 2. The lowest BCUT2D eigenvalue weighted by atomic mass is 10.1. The SMILES string of the molecule is COc1ccc(C)cc1CSc1ccccc1C1=NCCCO1. The van der Waals surface area contributed by atoms with Gasteiger partial charge in [-0.15, -0.1) is 11.8 Å². The molecule has 1 aliphatic heterocycles. The van der Waals surface area contributed by atoms with Gasteiger partial charge in [-0.2, -0.15) is 0 Å². The molecule has 0 saturated heterocycles. The second kappa shape index (κ2) is 7.55. The first-order chi connectivity index (χ1) is 11.3. The number of nitrogens with zero attached hydrogens (tertiary/aromatic N) is 1. The molecule has 2 aromatic rings. The molecular weight excluding hydrogens is 306 g/mol. The van der Waals surface area contributed by atoms with Crippen LogP contribution in [0.5, 0.6) is 5.75 Å². The summed E-state index contributed by atoms with van der Waals surface area (Å²) in [5.41, 5.74) is 3.54. The van der Waals surface area contributed by atoms with E-state index in [1.54, 1.807) is 18.9 Å². The van der Waals surface area contributed by atoms with Gasteiger partial charge in [0.05, 0.1) is 13.7 Å². The van der Waals surface area contributed by atoms with Gasteiger partial charge in [0.15, 0.2) is 0 Å². The average Bonchev–Trinajstić information content (AvgIpc) is 2.61. The molecule has 0 unspecified atom stereocenters. The van der Waals surface area contributed by atoms with Crippen LogP contribution in [0, 0.1) is 6.92 Å². The first kappa shape index (κ1) is 15.9. The quantitative estimate of drug-likeness (QED) is 0.760. The Hall–Kier alpha value is -1.94. The third-order valence-corrected chi connectivity index (χ3v) is 4.86. The van der Waals surface area contributed by atoms with Crippen LogP contribution in [0.25, 0.3) is 0 Å². The van der Waals surface area contributed by atoms with Gasteiger partial charge in [0.1, 0.15) is 5.75 Å². The molecule has 0 N–H and O–H groups in total. The van der Waals surface area contributed by atoms with Gasteiger partial charge >= 0.3 is 0 Å². The van der Waals surface area contributed by atoms with Crippen LogP contribution in [0.2, 0.25) is 0 Å². The van der Waals surface area contributed by atoms with Gasteiger partial charge in [-0.25, -0.2) is 0 Å². The number of ether oxygens (including phenoxy) is 2. The lowest BCUT2D eigenvalue weighted by molar-refractivity contribution is 0.283. The molecule has 0 saturated carbocycles. The summed E-state index contributed by atoms with van der Waals surface area (Å²) in [5, 5.41) is 0. The Labute approximate surface area is 141 Å². The average molecular weight is 327 g/mol. The predicted octanol–water partition coefficient (Wildman–Crippen LogP) is 4.46. The van der Waals surface area contributed by atoms with Gasteiger partial charge in [-0.05, 0) is 25.1 Å². The molecule has 0 atom stereocenters. The highest BCUT2D eigenvalue weighted by Crippen LogP contribution is 2.31. The third kappa shape index (κ3) is 3.88. The highest BCUT2D eigenvalue weighted by molar-refractivity contribution is 7.98. The standard InChI is InChI=1S/C19H21NO2S/c1-14-8-9-17(21-2)15(12-14)13-23-18-7-4-3-6-16(18)19-20-10-5-11-22-19/h3-4,6-9,12H,5,10-11,13H2,1-2H3. The van der Waals surface area contributed by atoms with E-state index in [9.17, 15) is 0 Å². The van der Waals surface area contributed by atoms with Gasteiger partial charge < -0.3 is 9.47 Å². The maximum atomic E-state index is 5.73. The van der Waals surface area contributed by atoms with Crippen molar-refractivity contribution < 1.29 is 9.47 Å². The minimum atomic E-state index is 0.754. The fraction of sp³-hybridized carbons (Fsp3) is 0.316. The van der Waals surface area contributed by atoms with Crippen LogP contribution in [-0.2, 0) is 10.5 Å². The van der Waals surface area contributed by atoms with Crippen molar-refractivity contribution in [3.05, 3.63) is 59.2 Å². The molecule has 0 aliphatic carbocycles. The molecule has 2 aromatic carbocycles. The van der Waals surface area contributed by atoms with Gasteiger partial charge in [0.2, 0.25) is 5.90 Å². The van der Waals surface area contributed by atoms with E-state index in [4.69, 9.17) is 9.47 Å². The summed E-state index contributed by atoms with van der Waals surface area (Å²) in [7, 11) is 1.72. The van der Waals surface area contributed by atoms with Crippen LogP contribution >= 0.6 is 11.8 Å². The Morgan fingerprint density at radius 3 is 2.87 bits per heavy atom. The van der Waals surface area contributed by atoms with Crippen LogP contribution in [0.4, 0.5) is 0 Å². The van der Waals surface area contributed by atoms with E-state index >= 15 is 0 Å². The van der Waals surface area contributed by atoms with Crippen LogP contribution in [0.15, 0.2) is 52.4 Å². The second-order valence-corrected chi connectivity index (χ2v) is 6.51. The Bertz CT molecular complexity index is 712. The molecule has 0 fully saturated rings. The fourth-order valence-corrected chi connectivity index (χ4v) is 3.59. The van der Waals surface area contributed by atoms with Gasteiger partial charge in [-0.1, -0.05) is 29.8 Å². The Kier molecular flexibility index (Phi) is 5.23. The maximum Gasteiger partial charge on any atom is 0.217 e. The zero-order valence-electron chi connectivity index (χ0n) is 13.5. The van der Waals surface area contributed by atoms with E-state index in [1.807, 2.05) is 12.1 Å². The third-order valence-electron chi connectivity index (χ3n) is 3.73. The summed E-state index contributed by atoms with van der Waals surface area (Å²) in [4.78, 5) is 5.71. The van der Waals surface area contributed by atoms with E-state index in [0.717, 1.165) is 42.5 Å². The number of aryl methyl sites for hydroxylation is 1. The number of thioether (sulfide) groups is 1. The van der Waals surface area contributed by atoms with Crippen molar-refractivity contribution in [2.45, 2.75) is 24.0 Å². The van der Waals surface area contributed by atoms with Crippen molar-refractivity contribution in [3.63, 3.8) is 0 Å². The van der Waals surface area contributed by atoms with Crippen molar-refractivity contribution in [2.75, 3.05) is 20.3 Å². The summed E-state index contributed by atoms with van der Waals surface area (Å²) < 4.78 is 11.2. The molecule has 0 spiro atoms. The molecule has 0 bridgehead atoms. The monoisotopic (exact) mass is 327 g/mol. The molecule has 4 heteroatoms. The molecule has 120 valence electrons. The van der Waals surface area contributed by atoms with Crippen LogP contribution in [0.3, 0.4) is 0 Å². The Morgan fingerprint density at radius 1 is 1.22 bits per heavy atom. The number of rotatable bonds is 5. The summed E-state index contributed by atoms with van der Waals surface area (Å²) in [6.45, 7) is 3.70. The van der Waals surface area contributed by atoms with Crippen molar-refractivity contribution in [2.24, 2.45) is 4.99 Å². The highest BCUT2D eigenvalue weighted by atomic mass is 32.2. The zero-order chi connectivity index (χ0) is 16.1. The maximum absolute atomic E-state index is 5.73. The molecule has 3 nitrogen and oxygen atoms in total. The predicted molar refractivity (Wildman–Crippen MR) is 95.7 cm³/mol. The number of aliphatic imine (C=N–C) groups is 1. The number of methoxy groups -OCH3 is 1. The second-order valence-electron chi connectivity index (χ2n) is 5.49. The van der Waals surface area contributed by atoms with E-state index in [0.29, 0.717) is 0 Å². The topological polar surface area (TPSA) is 30.8 Å². The van der Waals surface area contributed by atoms with Gasteiger partial charge in [0, 0.05) is 34.7 Å². The van der Waals surface area contributed by atoms with E-state index in [2.05, 4.69) is 42.2 Å². The smallest absolute Gasteiger partial charge is 0.217 e. The fourth-order valence-electron chi connectivity index (χ4n) is 2.57. The molecule has 0 aromatic heterocycles. The molecular formula is C19H21NO2S. The van der Waals surface area contributed by atoms with Gasteiger partial charge in [0.25, 0.3) is 0 Å². The van der Waals surface area contributed by atoms with E-state index in [1.165, 1.54) is 16.0 Å². The highest BCUT2D eigenvalue weighted by Gasteiger charge is 2.14. The van der Waals surface area contributed by atoms with E-state index < -0.39 is 0 Å². The minimum absolute atomic E-state index is 0.754. The lowest BCUT2D eigenvalue weighted by Crippen LogP contribution is -2.15. The normalized spacial score (nSPS) is 14.1. The molecule has 1 heterocycles. The minimum Gasteiger partial charge on any atom is -0.496 e. The first-order valence-corrected chi connectivity index (χ1v) is 8.79. The van der Waals surface area contributed by atoms with Crippen LogP contribution in [-0.4, -0.2) is 26.2 Å². The number of hydrogen-bond donors (Lipinski definition) is 0. The zero-order valence-corrected chi connectivity index (χ0v) is 14.4. The molecule has 1 aliphatic rings. The van der Waals surface area contributed by atoms with Crippen LogP contribution in [0.1, 0.15) is 23.1 Å². The molecule has 0 radical (unpaired) electrons. The van der Waals surface area contributed by atoms with Crippen molar-refractivity contribution >= 4 is 17.7 Å². The Balaban J connectivity index is 1.81. The van der Waals surface area contributed by atoms with E-state index in [-0.39, 0.29) is 0 Å². The summed E-state index contributed by atoms with van der Waals surface area (Å²) in [6.07, 6.45) is 0.999. The summed E-state index contributed by atoms with van der Waals surface area (Å²) in [6, 6.07) is 14.6. The van der Waals surface area contributed by atoms with Crippen LogP contribution < -0.4 is 4.74 Å². The number of hydrogen-bond acceptors (Lipinski definition) is 4. The molecule has 23 heavy (non-hydrogen) atoms.